The molecule has 1 aromatic heterocycles. The molecule has 6 heteroatoms. The summed E-state index contributed by atoms with van der Waals surface area (Å²) in [6, 6.07) is 11.3. The zero-order valence-corrected chi connectivity index (χ0v) is 13.6. The Kier molecular flexibility index (Phi) is 4.49. The third-order valence-corrected chi connectivity index (χ3v) is 4.69. The van der Waals surface area contributed by atoms with E-state index in [9.17, 15) is 15.0 Å². The van der Waals surface area contributed by atoms with E-state index >= 15 is 0 Å². The summed E-state index contributed by atoms with van der Waals surface area (Å²) in [5.41, 5.74) is 0.480. The van der Waals surface area contributed by atoms with Gasteiger partial charge in [-0.15, -0.1) is 0 Å². The highest BCUT2D eigenvalue weighted by Gasteiger charge is 2.49. The van der Waals surface area contributed by atoms with Crippen molar-refractivity contribution in [3.63, 3.8) is 0 Å². The number of anilines is 1. The van der Waals surface area contributed by atoms with Gasteiger partial charge in [-0.3, -0.25) is 4.79 Å². The van der Waals surface area contributed by atoms with Crippen molar-refractivity contribution in [2.24, 2.45) is 5.41 Å². The molecule has 2 aromatic rings. The van der Waals surface area contributed by atoms with Crippen molar-refractivity contribution >= 4 is 11.8 Å². The first-order chi connectivity index (χ1) is 11.5. The van der Waals surface area contributed by atoms with Crippen molar-refractivity contribution < 1.29 is 15.0 Å². The van der Waals surface area contributed by atoms with E-state index in [4.69, 9.17) is 0 Å². The van der Waals surface area contributed by atoms with Gasteiger partial charge in [0.15, 0.2) is 0 Å². The molecule has 2 atom stereocenters. The minimum atomic E-state index is -1.25. The smallest absolute Gasteiger partial charge is 0.314 e. The minimum Gasteiger partial charge on any atom is -0.481 e. The zero-order valence-electron chi connectivity index (χ0n) is 13.6. The van der Waals surface area contributed by atoms with Crippen molar-refractivity contribution in [2.45, 2.75) is 25.9 Å². The molecule has 1 aromatic carbocycles. The van der Waals surface area contributed by atoms with Crippen molar-refractivity contribution in [1.29, 1.82) is 0 Å². The van der Waals surface area contributed by atoms with Gasteiger partial charge >= 0.3 is 5.97 Å². The van der Waals surface area contributed by atoms with Crippen molar-refractivity contribution in [3.8, 4) is 0 Å². The molecule has 1 aliphatic heterocycles. The van der Waals surface area contributed by atoms with Crippen LogP contribution < -0.4 is 4.90 Å². The normalized spacial score (nSPS) is 23.9. The molecule has 0 spiro atoms. The van der Waals surface area contributed by atoms with Crippen LogP contribution in [0.5, 0.6) is 0 Å². The molecule has 0 radical (unpaired) electrons. The van der Waals surface area contributed by atoms with Crippen molar-refractivity contribution in [2.75, 3.05) is 18.0 Å². The molecule has 0 amide bonds. The number of hydrogen-bond acceptors (Lipinski definition) is 5. The van der Waals surface area contributed by atoms with Gasteiger partial charge < -0.3 is 15.1 Å². The number of aromatic nitrogens is 2. The van der Waals surface area contributed by atoms with Crippen LogP contribution in [0, 0.1) is 12.3 Å². The second-order valence-corrected chi connectivity index (χ2v) is 6.37. The molecular weight excluding hydrogens is 306 g/mol. The number of carboxylic acids is 1. The van der Waals surface area contributed by atoms with Crippen LogP contribution in [0.1, 0.15) is 17.7 Å². The Balaban J connectivity index is 1.93. The molecule has 2 N–H and O–H groups in total. The number of aliphatic carboxylic acids is 1. The maximum atomic E-state index is 12.1. The summed E-state index contributed by atoms with van der Waals surface area (Å²) >= 11 is 0. The predicted octanol–water partition coefficient (Wildman–Crippen LogP) is 1.67. The maximum Gasteiger partial charge on any atom is 0.314 e. The first-order valence-electron chi connectivity index (χ1n) is 8.00. The molecule has 0 unspecified atom stereocenters. The Morgan fingerprint density at radius 3 is 2.75 bits per heavy atom. The average Bonchev–Trinajstić information content (AvgIpc) is 2.57. The van der Waals surface area contributed by atoms with Crippen molar-refractivity contribution in [3.05, 3.63) is 54.0 Å². The molecule has 1 saturated heterocycles. The number of carboxylic acid groups (broad SMARTS) is 1. The van der Waals surface area contributed by atoms with Crippen molar-refractivity contribution in [1.82, 2.24) is 9.97 Å². The summed E-state index contributed by atoms with van der Waals surface area (Å²) in [7, 11) is 0. The SMILES string of the molecule is Cc1cc(N2CC[C@@H](O)[C@](Cc3ccccc3)(C(=O)O)C2)ncn1. The highest BCUT2D eigenvalue weighted by atomic mass is 16.4. The van der Waals surface area contributed by atoms with E-state index in [-0.39, 0.29) is 13.0 Å². The van der Waals surface area contributed by atoms with Gasteiger partial charge in [0.25, 0.3) is 0 Å². The molecule has 0 aliphatic carbocycles. The Morgan fingerprint density at radius 1 is 1.33 bits per heavy atom. The highest BCUT2D eigenvalue weighted by molar-refractivity contribution is 5.77. The maximum absolute atomic E-state index is 12.1. The molecule has 24 heavy (non-hydrogen) atoms. The fourth-order valence-corrected chi connectivity index (χ4v) is 3.31. The van der Waals surface area contributed by atoms with Crippen LogP contribution in [0.15, 0.2) is 42.7 Å². The average molecular weight is 327 g/mol. The van der Waals surface area contributed by atoms with Gasteiger partial charge in [0.1, 0.15) is 17.6 Å². The summed E-state index contributed by atoms with van der Waals surface area (Å²) < 4.78 is 0. The van der Waals surface area contributed by atoms with Gasteiger partial charge in [-0.2, -0.15) is 0 Å². The monoisotopic (exact) mass is 327 g/mol. The van der Waals surface area contributed by atoms with E-state index in [1.165, 1.54) is 6.33 Å². The molecule has 0 bridgehead atoms. The summed E-state index contributed by atoms with van der Waals surface area (Å²) in [5.74, 6) is -0.276. The van der Waals surface area contributed by atoms with E-state index in [2.05, 4.69) is 9.97 Å². The Labute approximate surface area is 140 Å². The van der Waals surface area contributed by atoms with Gasteiger partial charge in [-0.1, -0.05) is 30.3 Å². The predicted molar refractivity (Wildman–Crippen MR) is 89.8 cm³/mol. The third kappa shape index (κ3) is 3.10. The Hall–Kier alpha value is -2.47. The lowest BCUT2D eigenvalue weighted by Crippen LogP contribution is -2.57. The fraction of sp³-hybridized carbons (Fsp3) is 0.389. The Morgan fingerprint density at radius 2 is 2.08 bits per heavy atom. The topological polar surface area (TPSA) is 86.5 Å². The van der Waals surface area contributed by atoms with E-state index < -0.39 is 17.5 Å². The van der Waals surface area contributed by atoms with Crippen LogP contribution in [0.4, 0.5) is 5.82 Å². The summed E-state index contributed by atoms with van der Waals surface area (Å²) in [6.45, 7) is 2.66. The molecule has 126 valence electrons. The van der Waals surface area contributed by atoms with Crippen LogP contribution in [0.25, 0.3) is 0 Å². The minimum absolute atomic E-state index is 0.217. The molecule has 1 aliphatic rings. The summed E-state index contributed by atoms with van der Waals surface area (Å²) in [4.78, 5) is 22.4. The number of benzene rings is 1. The fourth-order valence-electron chi connectivity index (χ4n) is 3.31. The number of piperidine rings is 1. The van der Waals surface area contributed by atoms with E-state index in [1.54, 1.807) is 0 Å². The Bertz CT molecular complexity index is 722. The van der Waals surface area contributed by atoms with Crippen LogP contribution in [0.3, 0.4) is 0 Å². The lowest BCUT2D eigenvalue weighted by molar-refractivity contribution is -0.157. The molecule has 0 saturated carbocycles. The van der Waals surface area contributed by atoms with Gasteiger partial charge in [0.2, 0.25) is 0 Å². The van der Waals surface area contributed by atoms with Crippen LogP contribution in [0.2, 0.25) is 0 Å². The summed E-state index contributed by atoms with van der Waals surface area (Å²) in [5, 5.41) is 20.5. The van der Waals surface area contributed by atoms with Crippen LogP contribution >= 0.6 is 0 Å². The number of hydrogen-bond donors (Lipinski definition) is 2. The standard InChI is InChI=1S/C18H21N3O3/c1-13-9-16(20-12-19-13)21-8-7-15(22)18(11-21,17(23)24)10-14-5-3-2-4-6-14/h2-6,9,12,15,22H,7-8,10-11H2,1H3,(H,23,24)/t15-,18-/m1/s1. The third-order valence-electron chi connectivity index (χ3n) is 4.69. The van der Waals surface area contributed by atoms with E-state index in [1.807, 2.05) is 48.2 Å². The molecular formula is C18H21N3O3. The quantitative estimate of drug-likeness (QED) is 0.888. The number of aliphatic hydroxyl groups excluding tert-OH is 1. The number of nitrogens with zero attached hydrogens (tertiary/aromatic N) is 3. The van der Waals surface area contributed by atoms with Gasteiger partial charge in [-0.25, -0.2) is 9.97 Å². The lowest BCUT2D eigenvalue weighted by Gasteiger charge is -2.44. The second-order valence-electron chi connectivity index (χ2n) is 6.37. The number of aliphatic hydroxyl groups is 1. The van der Waals surface area contributed by atoms with E-state index in [0.29, 0.717) is 18.8 Å². The molecule has 1 fully saturated rings. The zero-order chi connectivity index (χ0) is 17.2. The number of rotatable bonds is 4. The first kappa shape index (κ1) is 16.4. The van der Waals surface area contributed by atoms with Gasteiger partial charge in [-0.05, 0) is 25.3 Å². The second kappa shape index (κ2) is 6.57. The van der Waals surface area contributed by atoms with Crippen LogP contribution in [-0.2, 0) is 11.2 Å². The number of carbonyl (C=O) groups is 1. The molecule has 2 heterocycles. The van der Waals surface area contributed by atoms with Gasteiger partial charge in [0.05, 0.1) is 6.10 Å². The lowest BCUT2D eigenvalue weighted by atomic mass is 9.73. The molecule has 6 nitrogen and oxygen atoms in total. The van der Waals surface area contributed by atoms with E-state index in [0.717, 1.165) is 11.3 Å². The number of aryl methyl sites for hydroxylation is 1. The van der Waals surface area contributed by atoms with Crippen LogP contribution in [-0.4, -0.2) is 45.3 Å². The summed E-state index contributed by atoms with van der Waals surface area (Å²) in [6.07, 6.45) is 1.26. The largest absolute Gasteiger partial charge is 0.481 e. The van der Waals surface area contributed by atoms with Gasteiger partial charge in [0, 0.05) is 24.8 Å². The first-order valence-corrected chi connectivity index (χ1v) is 8.00. The molecule has 3 rings (SSSR count). The highest BCUT2D eigenvalue weighted by Crippen LogP contribution is 2.36.